The first-order valence-corrected chi connectivity index (χ1v) is 9.18. The molecule has 2 N–H and O–H groups in total. The molecule has 0 spiro atoms. The summed E-state index contributed by atoms with van der Waals surface area (Å²) in [6.07, 6.45) is -1.13. The van der Waals surface area contributed by atoms with Crippen LogP contribution in [0.2, 0.25) is 0 Å². The van der Waals surface area contributed by atoms with Crippen LogP contribution in [0, 0.1) is 5.92 Å². The van der Waals surface area contributed by atoms with Gasteiger partial charge in [-0.3, -0.25) is 4.79 Å². The summed E-state index contributed by atoms with van der Waals surface area (Å²) in [5.74, 6) is -1.02. The number of alkyl halides is 3. The van der Waals surface area contributed by atoms with Gasteiger partial charge in [0.15, 0.2) is 5.96 Å². The van der Waals surface area contributed by atoms with Gasteiger partial charge in [0.1, 0.15) is 6.54 Å². The lowest BCUT2D eigenvalue weighted by atomic mass is 9.85. The Kier molecular flexibility index (Phi) is 10.1. The molecule has 1 aliphatic heterocycles. The van der Waals surface area contributed by atoms with Crippen LogP contribution in [-0.4, -0.2) is 68.9 Å². The summed E-state index contributed by atoms with van der Waals surface area (Å²) in [6, 6.07) is -0.151. The largest absolute Gasteiger partial charge is 0.391 e. The van der Waals surface area contributed by atoms with Crippen LogP contribution in [0.15, 0.2) is 4.99 Å². The number of nitrogens with one attached hydrogen (secondary N) is 2. The molecule has 2 aliphatic rings. The number of aliphatic imine (C=N–C) groups is 1. The zero-order valence-corrected chi connectivity index (χ0v) is 18.2. The van der Waals surface area contributed by atoms with E-state index in [-0.39, 0.29) is 61.4 Å². The van der Waals surface area contributed by atoms with Gasteiger partial charge in [0.2, 0.25) is 5.91 Å². The van der Waals surface area contributed by atoms with Crippen molar-refractivity contribution in [3.05, 3.63) is 0 Å². The van der Waals surface area contributed by atoms with Crippen molar-refractivity contribution in [2.45, 2.75) is 56.8 Å². The summed E-state index contributed by atoms with van der Waals surface area (Å²) in [5.41, 5.74) is 0. The lowest BCUT2D eigenvalue weighted by Gasteiger charge is -2.33. The predicted molar refractivity (Wildman–Crippen MR) is 108 cm³/mol. The highest BCUT2D eigenvalue weighted by Gasteiger charge is 2.42. The zero-order valence-electron chi connectivity index (χ0n) is 15.8. The average Bonchev–Trinajstić information content (AvgIpc) is 2.59. The second kappa shape index (κ2) is 11.3. The predicted octanol–water partition coefficient (Wildman–Crippen LogP) is 2.53. The van der Waals surface area contributed by atoms with Crippen molar-refractivity contribution >= 4 is 35.8 Å². The molecule has 0 aromatic carbocycles. The first kappa shape index (κ1) is 24.3. The Bertz CT molecular complexity index is 497. The smallest absolute Gasteiger partial charge is 0.381 e. The third-order valence-corrected chi connectivity index (χ3v) is 4.91. The van der Waals surface area contributed by atoms with Crippen molar-refractivity contribution < 1.29 is 22.7 Å². The molecule has 158 valence electrons. The fourth-order valence-corrected chi connectivity index (χ4v) is 3.27. The molecular formula is C17H30F3IN4O2. The fourth-order valence-electron chi connectivity index (χ4n) is 3.27. The summed E-state index contributed by atoms with van der Waals surface area (Å²) < 4.78 is 44.4. The number of hydrogen-bond acceptors (Lipinski definition) is 3. The summed E-state index contributed by atoms with van der Waals surface area (Å²) in [5, 5.41) is 6.38. The minimum atomic E-state index is -4.16. The lowest BCUT2D eigenvalue weighted by Crippen LogP contribution is -2.51. The summed E-state index contributed by atoms with van der Waals surface area (Å²) in [6.45, 7) is 1.24. The van der Waals surface area contributed by atoms with E-state index in [1.165, 1.54) is 4.90 Å². The molecule has 2 rings (SSSR count). The van der Waals surface area contributed by atoms with Crippen molar-refractivity contribution in [2.24, 2.45) is 10.9 Å². The molecule has 2 unspecified atom stereocenters. The third kappa shape index (κ3) is 8.41. The molecule has 0 radical (unpaired) electrons. The Labute approximate surface area is 175 Å². The van der Waals surface area contributed by atoms with Crippen LogP contribution >= 0.6 is 24.0 Å². The van der Waals surface area contributed by atoms with Crippen molar-refractivity contribution in [1.82, 2.24) is 15.5 Å². The van der Waals surface area contributed by atoms with Gasteiger partial charge in [0.25, 0.3) is 0 Å². The highest BCUT2D eigenvalue weighted by Crippen LogP contribution is 2.37. The number of carbonyl (C=O) groups is 1. The van der Waals surface area contributed by atoms with Gasteiger partial charge < -0.3 is 20.3 Å². The van der Waals surface area contributed by atoms with Crippen LogP contribution in [-0.2, 0) is 9.53 Å². The van der Waals surface area contributed by atoms with E-state index in [4.69, 9.17) is 4.74 Å². The van der Waals surface area contributed by atoms with E-state index < -0.39 is 12.1 Å². The number of halogens is 4. The van der Waals surface area contributed by atoms with Crippen LogP contribution in [0.5, 0.6) is 0 Å². The third-order valence-electron chi connectivity index (χ3n) is 4.91. The molecule has 1 saturated heterocycles. The molecule has 6 nitrogen and oxygen atoms in total. The van der Waals surface area contributed by atoms with Gasteiger partial charge in [-0.2, -0.15) is 13.2 Å². The molecule has 2 fully saturated rings. The summed E-state index contributed by atoms with van der Waals surface area (Å²) in [7, 11) is 3.29. The maximum Gasteiger partial charge on any atom is 0.391 e. The molecule has 1 aliphatic carbocycles. The molecule has 27 heavy (non-hydrogen) atoms. The van der Waals surface area contributed by atoms with E-state index in [1.54, 1.807) is 14.1 Å². The molecule has 0 bridgehead atoms. The first-order chi connectivity index (χ1) is 12.3. The molecule has 1 heterocycles. The number of carbonyl (C=O) groups excluding carboxylic acids is 1. The Morgan fingerprint density at radius 1 is 1.11 bits per heavy atom. The van der Waals surface area contributed by atoms with Gasteiger partial charge in [0, 0.05) is 39.4 Å². The normalized spacial score (nSPS) is 24.7. The van der Waals surface area contributed by atoms with E-state index in [9.17, 15) is 18.0 Å². The van der Waals surface area contributed by atoms with E-state index in [2.05, 4.69) is 15.6 Å². The monoisotopic (exact) mass is 506 g/mol. The summed E-state index contributed by atoms with van der Waals surface area (Å²) in [4.78, 5) is 17.6. The second-order valence-corrected chi connectivity index (χ2v) is 7.23. The van der Waals surface area contributed by atoms with Crippen LogP contribution in [0.25, 0.3) is 0 Å². The number of amides is 1. The number of rotatable bonds is 4. The van der Waals surface area contributed by atoms with Gasteiger partial charge in [-0.05, 0) is 32.1 Å². The van der Waals surface area contributed by atoms with Crippen LogP contribution in [0.3, 0.4) is 0 Å². The first-order valence-electron chi connectivity index (χ1n) is 9.18. The van der Waals surface area contributed by atoms with E-state index in [0.29, 0.717) is 32.0 Å². The van der Waals surface area contributed by atoms with Crippen molar-refractivity contribution in [2.75, 3.05) is 33.9 Å². The quantitative estimate of drug-likeness (QED) is 0.350. The SMILES string of the molecule is CN(C)C(=O)CN=C(NC1CCOCC1)NC1CCCC(C(F)(F)F)C1.I. The van der Waals surface area contributed by atoms with E-state index in [0.717, 1.165) is 12.8 Å². The molecule has 10 heteroatoms. The number of guanidine groups is 1. The minimum absolute atomic E-state index is 0. The zero-order chi connectivity index (χ0) is 19.2. The Hall–Kier alpha value is -0.780. The number of hydrogen-bond donors (Lipinski definition) is 2. The van der Waals surface area contributed by atoms with Crippen LogP contribution in [0.1, 0.15) is 38.5 Å². The van der Waals surface area contributed by atoms with E-state index in [1.807, 2.05) is 0 Å². The second-order valence-electron chi connectivity index (χ2n) is 7.23. The van der Waals surface area contributed by atoms with Crippen LogP contribution < -0.4 is 10.6 Å². The van der Waals surface area contributed by atoms with Gasteiger partial charge >= 0.3 is 6.18 Å². The molecule has 0 aromatic heterocycles. The number of likely N-dealkylation sites (N-methyl/N-ethyl adjacent to an activating group) is 1. The standard InChI is InChI=1S/C17H29F3N4O2.HI/c1-24(2)15(25)11-21-16(22-13-6-8-26-9-7-13)23-14-5-3-4-12(10-14)17(18,19)20;/h12-14H,3-11H2,1-2H3,(H2,21,22,23);1H. The van der Waals surface area contributed by atoms with Gasteiger partial charge in [-0.1, -0.05) is 6.42 Å². The Morgan fingerprint density at radius 2 is 1.74 bits per heavy atom. The Morgan fingerprint density at radius 3 is 2.33 bits per heavy atom. The summed E-state index contributed by atoms with van der Waals surface area (Å²) >= 11 is 0. The number of nitrogens with zero attached hydrogens (tertiary/aromatic N) is 2. The van der Waals surface area contributed by atoms with Crippen molar-refractivity contribution in [3.63, 3.8) is 0 Å². The minimum Gasteiger partial charge on any atom is -0.381 e. The molecule has 0 aromatic rings. The van der Waals surface area contributed by atoms with Crippen molar-refractivity contribution in [3.8, 4) is 0 Å². The van der Waals surface area contributed by atoms with Gasteiger partial charge in [-0.15, -0.1) is 24.0 Å². The fraction of sp³-hybridized carbons (Fsp3) is 0.882. The topological polar surface area (TPSA) is 66.0 Å². The highest BCUT2D eigenvalue weighted by atomic mass is 127. The van der Waals surface area contributed by atoms with Crippen molar-refractivity contribution in [1.29, 1.82) is 0 Å². The molecule has 1 amide bonds. The lowest BCUT2D eigenvalue weighted by molar-refractivity contribution is -0.183. The molecule has 2 atom stereocenters. The molecular weight excluding hydrogens is 476 g/mol. The highest BCUT2D eigenvalue weighted by molar-refractivity contribution is 14.0. The van der Waals surface area contributed by atoms with Gasteiger partial charge in [-0.25, -0.2) is 4.99 Å². The maximum absolute atomic E-state index is 13.0. The maximum atomic E-state index is 13.0. The Balaban J connectivity index is 0.00000364. The van der Waals surface area contributed by atoms with E-state index >= 15 is 0 Å². The molecule has 1 saturated carbocycles. The van der Waals surface area contributed by atoms with Crippen LogP contribution in [0.4, 0.5) is 13.2 Å². The average molecular weight is 506 g/mol. The van der Waals surface area contributed by atoms with Gasteiger partial charge in [0.05, 0.1) is 5.92 Å². The number of ether oxygens (including phenoxy) is 1.